The van der Waals surface area contributed by atoms with Gasteiger partial charge in [0.25, 0.3) is 0 Å². The highest BCUT2D eigenvalue weighted by molar-refractivity contribution is 5.81. The van der Waals surface area contributed by atoms with Gasteiger partial charge in [0, 0.05) is 13.1 Å². The minimum atomic E-state index is 0.00528. The Morgan fingerprint density at radius 2 is 2.11 bits per heavy atom. The van der Waals surface area contributed by atoms with Crippen LogP contribution in [0.3, 0.4) is 0 Å². The highest BCUT2D eigenvalue weighted by atomic mass is 16.5. The number of amides is 1. The second kappa shape index (κ2) is 5.40. The average molecular weight is 248 g/mol. The van der Waals surface area contributed by atoms with Crippen LogP contribution in [0.4, 0.5) is 0 Å². The van der Waals surface area contributed by atoms with E-state index in [1.165, 1.54) is 0 Å². The molecule has 98 valence electrons. The quantitative estimate of drug-likeness (QED) is 0.879. The van der Waals surface area contributed by atoms with E-state index in [1.807, 2.05) is 29.2 Å². The molecule has 1 fully saturated rings. The molecule has 1 saturated heterocycles. The lowest BCUT2D eigenvalue weighted by atomic mass is 10.1. The highest BCUT2D eigenvalue weighted by Crippen LogP contribution is 2.28. The van der Waals surface area contributed by atoms with E-state index >= 15 is 0 Å². The molecule has 1 aromatic rings. The van der Waals surface area contributed by atoms with E-state index in [0.29, 0.717) is 6.54 Å². The van der Waals surface area contributed by atoms with Crippen molar-refractivity contribution in [3.8, 4) is 5.75 Å². The molecule has 1 heterocycles. The van der Waals surface area contributed by atoms with Gasteiger partial charge in [-0.25, -0.2) is 0 Å². The van der Waals surface area contributed by atoms with Crippen molar-refractivity contribution in [2.75, 3.05) is 20.2 Å². The third-order valence-corrected chi connectivity index (χ3v) is 3.70. The van der Waals surface area contributed by atoms with Gasteiger partial charge in [-0.2, -0.15) is 0 Å². The third-order valence-electron chi connectivity index (χ3n) is 3.70. The molecule has 18 heavy (non-hydrogen) atoms. The topological polar surface area (TPSA) is 55.6 Å². The Balaban J connectivity index is 2.11. The second-order valence-electron chi connectivity index (χ2n) is 4.70. The first kappa shape index (κ1) is 12.9. The number of nitrogens with zero attached hydrogens (tertiary/aromatic N) is 1. The summed E-state index contributed by atoms with van der Waals surface area (Å²) in [6.45, 7) is 3.30. The molecule has 1 amide bonds. The predicted octanol–water partition coefficient (Wildman–Crippen LogP) is 1.56. The Kier molecular flexibility index (Phi) is 3.87. The van der Waals surface area contributed by atoms with Gasteiger partial charge in [0.05, 0.1) is 19.1 Å². The zero-order chi connectivity index (χ0) is 13.1. The molecule has 1 aliphatic rings. The van der Waals surface area contributed by atoms with Crippen LogP contribution in [-0.4, -0.2) is 31.0 Å². The van der Waals surface area contributed by atoms with Gasteiger partial charge in [0.15, 0.2) is 0 Å². The van der Waals surface area contributed by atoms with Crippen LogP contribution >= 0.6 is 0 Å². The van der Waals surface area contributed by atoms with Crippen molar-refractivity contribution in [3.05, 3.63) is 29.8 Å². The molecule has 1 unspecified atom stereocenters. The summed E-state index contributed by atoms with van der Waals surface area (Å²) in [5.41, 5.74) is 6.73. The number of carbonyl (C=O) groups is 1. The zero-order valence-corrected chi connectivity index (χ0v) is 10.9. The van der Waals surface area contributed by atoms with Crippen LogP contribution in [0.2, 0.25) is 0 Å². The minimum Gasteiger partial charge on any atom is -0.497 e. The van der Waals surface area contributed by atoms with E-state index in [0.717, 1.165) is 24.3 Å². The molecule has 2 N–H and O–H groups in total. The van der Waals surface area contributed by atoms with Crippen molar-refractivity contribution >= 4 is 5.91 Å². The molecule has 0 radical (unpaired) electrons. The van der Waals surface area contributed by atoms with Gasteiger partial charge in [0.2, 0.25) is 5.91 Å². The summed E-state index contributed by atoms with van der Waals surface area (Å²) in [5, 5.41) is 0. The molecule has 2 atom stereocenters. The Labute approximate surface area is 108 Å². The largest absolute Gasteiger partial charge is 0.497 e. The third kappa shape index (κ3) is 2.34. The summed E-state index contributed by atoms with van der Waals surface area (Å²) in [7, 11) is 1.65. The summed E-state index contributed by atoms with van der Waals surface area (Å²) >= 11 is 0. The normalized spacial score (nSPS) is 21.2. The molecule has 2 rings (SSSR count). The number of nitrogens with two attached hydrogens (primary N) is 1. The van der Waals surface area contributed by atoms with Gasteiger partial charge in [-0.1, -0.05) is 12.1 Å². The molecular weight excluding hydrogens is 228 g/mol. The highest BCUT2D eigenvalue weighted by Gasteiger charge is 2.33. The van der Waals surface area contributed by atoms with Gasteiger partial charge >= 0.3 is 0 Å². The van der Waals surface area contributed by atoms with Crippen LogP contribution in [0.15, 0.2) is 24.3 Å². The summed E-state index contributed by atoms with van der Waals surface area (Å²) in [6.07, 6.45) is 0.871. The zero-order valence-electron chi connectivity index (χ0n) is 10.9. The second-order valence-corrected chi connectivity index (χ2v) is 4.70. The van der Waals surface area contributed by atoms with Crippen molar-refractivity contribution < 1.29 is 9.53 Å². The number of ether oxygens (including phenoxy) is 1. The summed E-state index contributed by atoms with van der Waals surface area (Å²) in [6, 6.07) is 7.96. The lowest BCUT2D eigenvalue weighted by molar-refractivity contribution is -0.132. The number of hydrogen-bond donors (Lipinski definition) is 1. The lowest BCUT2D eigenvalue weighted by Crippen LogP contribution is -2.32. The molecular formula is C14H20N2O2. The molecule has 1 aliphatic heterocycles. The van der Waals surface area contributed by atoms with Gasteiger partial charge in [-0.15, -0.1) is 0 Å². The lowest BCUT2D eigenvalue weighted by Gasteiger charge is -2.25. The number of rotatable bonds is 4. The fraction of sp³-hybridized carbons (Fsp3) is 0.500. The van der Waals surface area contributed by atoms with Crippen LogP contribution in [0.5, 0.6) is 5.75 Å². The molecule has 4 nitrogen and oxygen atoms in total. The van der Waals surface area contributed by atoms with E-state index in [2.05, 4.69) is 6.92 Å². The Morgan fingerprint density at radius 1 is 1.44 bits per heavy atom. The maximum absolute atomic E-state index is 12.1. The van der Waals surface area contributed by atoms with E-state index < -0.39 is 0 Å². The van der Waals surface area contributed by atoms with Crippen molar-refractivity contribution in [1.82, 2.24) is 4.90 Å². The first-order valence-electron chi connectivity index (χ1n) is 6.32. The molecule has 4 heteroatoms. The molecule has 0 aliphatic carbocycles. The Hall–Kier alpha value is -1.55. The minimum absolute atomic E-state index is 0.00528. The fourth-order valence-electron chi connectivity index (χ4n) is 2.43. The van der Waals surface area contributed by atoms with Crippen molar-refractivity contribution in [3.63, 3.8) is 0 Å². The van der Waals surface area contributed by atoms with Gasteiger partial charge in [-0.3, -0.25) is 4.79 Å². The van der Waals surface area contributed by atoms with Crippen molar-refractivity contribution in [2.24, 2.45) is 11.7 Å². The predicted molar refractivity (Wildman–Crippen MR) is 70.3 cm³/mol. The van der Waals surface area contributed by atoms with Crippen molar-refractivity contribution in [1.29, 1.82) is 0 Å². The maximum Gasteiger partial charge on any atom is 0.227 e. The standard InChI is InChI=1S/C14H20N2O2/c1-10(11-3-5-13(18-2)6-4-11)16-8-7-12(9-15)14(16)17/h3-6,10,12H,7-9,15H2,1-2H3/t10?,12-/m1/s1. The summed E-state index contributed by atoms with van der Waals surface area (Å²) in [5.74, 6) is 1.02. The smallest absolute Gasteiger partial charge is 0.227 e. The van der Waals surface area contributed by atoms with E-state index in [-0.39, 0.29) is 17.9 Å². The maximum atomic E-state index is 12.1. The average Bonchev–Trinajstić information content (AvgIpc) is 2.79. The molecule has 0 bridgehead atoms. The fourth-order valence-corrected chi connectivity index (χ4v) is 2.43. The number of benzene rings is 1. The van der Waals surface area contributed by atoms with Crippen LogP contribution in [0.1, 0.15) is 24.9 Å². The molecule has 0 aromatic heterocycles. The Morgan fingerprint density at radius 3 is 2.61 bits per heavy atom. The van der Waals surface area contributed by atoms with Gasteiger partial charge < -0.3 is 15.4 Å². The van der Waals surface area contributed by atoms with Crippen LogP contribution in [0, 0.1) is 5.92 Å². The van der Waals surface area contributed by atoms with Gasteiger partial charge in [0.1, 0.15) is 5.75 Å². The first-order chi connectivity index (χ1) is 8.67. The van der Waals surface area contributed by atoms with Crippen LogP contribution in [0.25, 0.3) is 0 Å². The first-order valence-corrected chi connectivity index (χ1v) is 6.32. The number of methoxy groups -OCH3 is 1. The van der Waals surface area contributed by atoms with Gasteiger partial charge in [-0.05, 0) is 31.0 Å². The molecule has 0 spiro atoms. The summed E-state index contributed by atoms with van der Waals surface area (Å²) < 4.78 is 5.13. The van der Waals surface area contributed by atoms with Crippen LogP contribution < -0.4 is 10.5 Å². The number of carbonyl (C=O) groups excluding carboxylic acids is 1. The summed E-state index contributed by atoms with van der Waals surface area (Å²) in [4.78, 5) is 14.0. The van der Waals surface area contributed by atoms with Crippen LogP contribution in [-0.2, 0) is 4.79 Å². The number of hydrogen-bond acceptors (Lipinski definition) is 3. The van der Waals surface area contributed by atoms with E-state index in [4.69, 9.17) is 10.5 Å². The SMILES string of the molecule is COc1ccc(C(C)N2CC[C@H](CN)C2=O)cc1. The molecule has 1 aromatic carbocycles. The monoisotopic (exact) mass is 248 g/mol. The van der Waals surface area contributed by atoms with E-state index in [9.17, 15) is 4.79 Å². The van der Waals surface area contributed by atoms with E-state index in [1.54, 1.807) is 7.11 Å². The Bertz CT molecular complexity index is 416. The molecule has 0 saturated carbocycles. The number of likely N-dealkylation sites (tertiary alicyclic amines) is 1. The van der Waals surface area contributed by atoms with Crippen molar-refractivity contribution in [2.45, 2.75) is 19.4 Å².